The summed E-state index contributed by atoms with van der Waals surface area (Å²) in [5.74, 6) is -0.949. The van der Waals surface area contributed by atoms with E-state index in [0.717, 1.165) is 109 Å². The molecule has 0 fully saturated rings. The minimum atomic E-state index is -0.789. The number of rotatable bonds is 37. The Bertz CT molecular complexity index is 975. The van der Waals surface area contributed by atoms with Gasteiger partial charge >= 0.3 is 17.9 Å². The van der Waals surface area contributed by atoms with Gasteiger partial charge in [-0.1, -0.05) is 159 Å². The number of esters is 3. The summed E-state index contributed by atoms with van der Waals surface area (Å²) in [5, 5.41) is 0. The number of carbonyl (C=O) groups excluding carboxylic acids is 3. The molecule has 0 aromatic carbocycles. The molecular formula is C46H78O6. The van der Waals surface area contributed by atoms with Crippen molar-refractivity contribution in [3.63, 3.8) is 0 Å². The number of ether oxygens (including phenoxy) is 3. The number of unbranched alkanes of at least 4 members (excludes halogenated alkanes) is 16. The third kappa shape index (κ3) is 38.3. The number of hydrogen-bond donors (Lipinski definition) is 0. The molecule has 0 spiro atoms. The molecule has 0 bridgehead atoms. The minimum Gasteiger partial charge on any atom is -0.462 e. The third-order valence-electron chi connectivity index (χ3n) is 8.76. The molecule has 0 saturated heterocycles. The van der Waals surface area contributed by atoms with Gasteiger partial charge < -0.3 is 14.2 Å². The highest BCUT2D eigenvalue weighted by Crippen LogP contribution is 2.12. The van der Waals surface area contributed by atoms with E-state index in [2.05, 4.69) is 81.5 Å². The molecule has 1 atom stereocenters. The zero-order valence-corrected chi connectivity index (χ0v) is 33.8. The third-order valence-corrected chi connectivity index (χ3v) is 8.76. The first-order chi connectivity index (χ1) is 25.5. The number of carbonyl (C=O) groups is 3. The van der Waals surface area contributed by atoms with Crippen LogP contribution >= 0.6 is 0 Å². The van der Waals surface area contributed by atoms with Crippen LogP contribution in [0.5, 0.6) is 0 Å². The Morgan fingerprint density at radius 2 is 0.769 bits per heavy atom. The number of allylic oxidation sites excluding steroid dienone is 10. The van der Waals surface area contributed by atoms with E-state index >= 15 is 0 Å². The minimum absolute atomic E-state index is 0.0912. The van der Waals surface area contributed by atoms with Crippen molar-refractivity contribution in [2.45, 2.75) is 200 Å². The van der Waals surface area contributed by atoms with Crippen molar-refractivity contribution >= 4 is 17.9 Å². The summed E-state index contributed by atoms with van der Waals surface area (Å²) in [6.07, 6.45) is 47.8. The van der Waals surface area contributed by atoms with Gasteiger partial charge in [-0.05, 0) is 77.0 Å². The zero-order valence-electron chi connectivity index (χ0n) is 33.8. The van der Waals surface area contributed by atoms with Crippen molar-refractivity contribution in [3.05, 3.63) is 60.8 Å². The largest absolute Gasteiger partial charge is 0.462 e. The molecule has 0 aliphatic heterocycles. The molecule has 0 heterocycles. The molecule has 0 saturated carbocycles. The lowest BCUT2D eigenvalue weighted by atomic mass is 10.1. The Kier molecular flexibility index (Phi) is 38.6. The Morgan fingerprint density at radius 1 is 0.404 bits per heavy atom. The predicted molar refractivity (Wildman–Crippen MR) is 219 cm³/mol. The first-order valence-electron chi connectivity index (χ1n) is 21.3. The van der Waals surface area contributed by atoms with E-state index in [1.807, 2.05) is 0 Å². The molecule has 6 heteroatoms. The standard InChI is InChI=1S/C46H78O6/c1-4-7-10-13-16-18-20-22-24-25-27-30-33-36-39-45(48)51-42-43(41-50-44(47)38-35-32-29-15-12-9-6-3)52-46(49)40-37-34-31-28-26-23-21-19-17-14-11-8-5-2/h8,11,13,16-17,19-20,22-23,26,43H,4-7,9-10,12,14-15,18,21,24-25,27-42H2,1-3H3/b11-8-,16-13-,19-17-,22-20-,26-23-. The highest BCUT2D eigenvalue weighted by molar-refractivity contribution is 5.71. The lowest BCUT2D eigenvalue weighted by Gasteiger charge is -2.18. The van der Waals surface area contributed by atoms with Crippen LogP contribution in [0.2, 0.25) is 0 Å². The molecule has 0 rings (SSSR count). The van der Waals surface area contributed by atoms with Gasteiger partial charge in [0.05, 0.1) is 0 Å². The molecule has 0 amide bonds. The van der Waals surface area contributed by atoms with E-state index in [9.17, 15) is 14.4 Å². The average Bonchev–Trinajstić information content (AvgIpc) is 3.14. The van der Waals surface area contributed by atoms with Gasteiger partial charge in [-0.2, -0.15) is 0 Å². The summed E-state index contributed by atoms with van der Waals surface area (Å²) in [6, 6.07) is 0. The van der Waals surface area contributed by atoms with Crippen LogP contribution in [0.15, 0.2) is 60.8 Å². The smallest absolute Gasteiger partial charge is 0.306 e. The molecule has 0 N–H and O–H groups in total. The van der Waals surface area contributed by atoms with Crippen LogP contribution < -0.4 is 0 Å². The van der Waals surface area contributed by atoms with Crippen LogP contribution in [0.1, 0.15) is 194 Å². The molecule has 298 valence electrons. The predicted octanol–water partition coefficient (Wildman–Crippen LogP) is 13.4. The van der Waals surface area contributed by atoms with Gasteiger partial charge in [0.15, 0.2) is 6.10 Å². The Balaban J connectivity index is 4.41. The van der Waals surface area contributed by atoms with E-state index in [1.54, 1.807) is 0 Å². The quantitative estimate of drug-likeness (QED) is 0.0274. The Hall–Kier alpha value is -2.89. The van der Waals surface area contributed by atoms with Gasteiger partial charge in [0.1, 0.15) is 13.2 Å². The molecule has 0 aromatic rings. The highest BCUT2D eigenvalue weighted by atomic mass is 16.6. The van der Waals surface area contributed by atoms with Crippen molar-refractivity contribution in [2.75, 3.05) is 13.2 Å². The maximum absolute atomic E-state index is 12.6. The molecule has 6 nitrogen and oxygen atoms in total. The number of hydrogen-bond acceptors (Lipinski definition) is 6. The maximum atomic E-state index is 12.6. The van der Waals surface area contributed by atoms with Gasteiger partial charge in [-0.15, -0.1) is 0 Å². The second-order valence-electron chi connectivity index (χ2n) is 13.9. The lowest BCUT2D eigenvalue weighted by molar-refractivity contribution is -0.167. The zero-order chi connectivity index (χ0) is 38.0. The van der Waals surface area contributed by atoms with E-state index in [0.29, 0.717) is 19.3 Å². The maximum Gasteiger partial charge on any atom is 0.306 e. The second kappa shape index (κ2) is 40.9. The van der Waals surface area contributed by atoms with Gasteiger partial charge in [0.25, 0.3) is 0 Å². The van der Waals surface area contributed by atoms with Crippen LogP contribution in [0.3, 0.4) is 0 Å². The fourth-order valence-corrected chi connectivity index (χ4v) is 5.53. The van der Waals surface area contributed by atoms with Crippen molar-refractivity contribution in [2.24, 2.45) is 0 Å². The molecular weight excluding hydrogens is 649 g/mol. The van der Waals surface area contributed by atoms with Gasteiger partial charge in [0, 0.05) is 19.3 Å². The van der Waals surface area contributed by atoms with Gasteiger partial charge in [-0.25, -0.2) is 0 Å². The monoisotopic (exact) mass is 727 g/mol. The summed E-state index contributed by atoms with van der Waals surface area (Å²) in [7, 11) is 0. The van der Waals surface area contributed by atoms with Gasteiger partial charge in [0.2, 0.25) is 0 Å². The van der Waals surface area contributed by atoms with Crippen LogP contribution in [-0.4, -0.2) is 37.2 Å². The fraction of sp³-hybridized carbons (Fsp3) is 0.717. The molecule has 0 aliphatic carbocycles. The van der Waals surface area contributed by atoms with Crippen LogP contribution in [0.25, 0.3) is 0 Å². The first-order valence-corrected chi connectivity index (χ1v) is 21.3. The van der Waals surface area contributed by atoms with Crippen LogP contribution in [-0.2, 0) is 28.6 Å². The van der Waals surface area contributed by atoms with E-state index in [4.69, 9.17) is 14.2 Å². The van der Waals surface area contributed by atoms with Crippen LogP contribution in [0.4, 0.5) is 0 Å². The Morgan fingerprint density at radius 3 is 1.25 bits per heavy atom. The van der Waals surface area contributed by atoms with Crippen LogP contribution in [0, 0.1) is 0 Å². The fourth-order valence-electron chi connectivity index (χ4n) is 5.53. The van der Waals surface area contributed by atoms with Crippen molar-refractivity contribution < 1.29 is 28.6 Å². The average molecular weight is 727 g/mol. The lowest BCUT2D eigenvalue weighted by Crippen LogP contribution is -2.30. The highest BCUT2D eigenvalue weighted by Gasteiger charge is 2.19. The SMILES string of the molecule is CC/C=C\C/C=C\C/C=C\CCCCCC(=O)OC(COC(=O)CCCCCCC/C=C\C/C=C\CCCC)COC(=O)CCCCCCCCC. The topological polar surface area (TPSA) is 78.9 Å². The summed E-state index contributed by atoms with van der Waals surface area (Å²) < 4.78 is 16.6. The van der Waals surface area contributed by atoms with Crippen molar-refractivity contribution in [1.82, 2.24) is 0 Å². The van der Waals surface area contributed by atoms with E-state index < -0.39 is 6.10 Å². The summed E-state index contributed by atoms with van der Waals surface area (Å²) >= 11 is 0. The molecule has 0 aliphatic rings. The summed E-state index contributed by atoms with van der Waals surface area (Å²) in [6.45, 7) is 6.37. The normalized spacial score (nSPS) is 12.6. The van der Waals surface area contributed by atoms with E-state index in [1.165, 1.54) is 44.9 Å². The summed E-state index contributed by atoms with van der Waals surface area (Å²) in [5.41, 5.74) is 0. The molecule has 1 unspecified atom stereocenters. The molecule has 52 heavy (non-hydrogen) atoms. The Labute approximate surface area is 320 Å². The van der Waals surface area contributed by atoms with Crippen molar-refractivity contribution in [1.29, 1.82) is 0 Å². The molecule has 0 aromatic heterocycles. The second-order valence-corrected chi connectivity index (χ2v) is 13.9. The summed E-state index contributed by atoms with van der Waals surface area (Å²) in [4.78, 5) is 37.5. The van der Waals surface area contributed by atoms with Gasteiger partial charge in [-0.3, -0.25) is 14.4 Å². The van der Waals surface area contributed by atoms with E-state index in [-0.39, 0.29) is 31.1 Å². The molecule has 0 radical (unpaired) electrons. The van der Waals surface area contributed by atoms with Crippen molar-refractivity contribution in [3.8, 4) is 0 Å². The first kappa shape index (κ1) is 49.1.